The van der Waals surface area contributed by atoms with Gasteiger partial charge in [-0.2, -0.15) is 0 Å². The number of amides is 4. The van der Waals surface area contributed by atoms with Crippen LogP contribution >= 0.6 is 0 Å². The predicted molar refractivity (Wildman–Crippen MR) is 246 cm³/mol. The zero-order valence-electron chi connectivity index (χ0n) is 38.4. The number of alkyl carbamates (subject to hydrolysis) is 2. The van der Waals surface area contributed by atoms with Crippen molar-refractivity contribution in [2.24, 2.45) is 17.8 Å². The third kappa shape index (κ3) is 7.79. The zero-order valence-corrected chi connectivity index (χ0v) is 38.4. The predicted octanol–water partition coefficient (Wildman–Crippen LogP) is 8.08. The number of H-pyrrole nitrogens is 2. The average molecular weight is 901 g/mol. The standard InChI is InChI=1S/C50H60N8O8/c1-6-32-12-15-39(57(32)48(60)43(56-50(62)64-5)27-16-18-65-19-17-27)46-52-36-14-11-28-21-35-33-13-10-29(20-31(33)25-66-41(35)23-34(28)44(36)54-46)37-24-51-45(53-37)40-22-30-8-7-9-38(30)58(40)47(59)42(26(2)3)55-49(61)63-4/h10-11,13-14,20-21,23-24,26-27,30,32,38-40,42-43H,6-9,12,15-19,22,25H2,1-5H3,(H,51,53)(H,52,54)(H,55,61)(H,56,62)/t30-,32-,38-,39-,40-,42-,43-/m0/s1. The van der Waals surface area contributed by atoms with E-state index >= 15 is 0 Å². The van der Waals surface area contributed by atoms with Crippen LogP contribution in [0.1, 0.15) is 108 Å². The highest BCUT2D eigenvalue weighted by Gasteiger charge is 2.50. The number of rotatable bonds is 10. The summed E-state index contributed by atoms with van der Waals surface area (Å²) in [5.41, 5.74) is 6.67. The summed E-state index contributed by atoms with van der Waals surface area (Å²) in [5.74, 6) is 2.27. The summed E-state index contributed by atoms with van der Waals surface area (Å²) in [6.45, 7) is 7.45. The molecule has 1 aliphatic carbocycles. The molecule has 4 fully saturated rings. The summed E-state index contributed by atoms with van der Waals surface area (Å²) in [5, 5.41) is 7.65. The van der Waals surface area contributed by atoms with Crippen LogP contribution in [0.4, 0.5) is 9.59 Å². The molecule has 0 spiro atoms. The van der Waals surface area contributed by atoms with Crippen molar-refractivity contribution in [2.45, 2.75) is 121 Å². The quantitative estimate of drug-likeness (QED) is 0.107. The largest absolute Gasteiger partial charge is 0.488 e. The summed E-state index contributed by atoms with van der Waals surface area (Å²) in [4.78, 5) is 74.8. The molecule has 6 heterocycles. The second-order valence-electron chi connectivity index (χ2n) is 19.1. The third-order valence-electron chi connectivity index (χ3n) is 15.1. The molecule has 4 aliphatic heterocycles. The molecule has 16 nitrogen and oxygen atoms in total. The van der Waals surface area contributed by atoms with Gasteiger partial charge < -0.3 is 49.3 Å². The molecule has 4 amide bonds. The molecule has 0 unspecified atom stereocenters. The fraction of sp³-hybridized carbons (Fsp3) is 0.520. The smallest absolute Gasteiger partial charge is 0.407 e. The number of benzene rings is 3. The molecule has 66 heavy (non-hydrogen) atoms. The number of likely N-dealkylation sites (tertiary alicyclic amines) is 2. The van der Waals surface area contributed by atoms with Gasteiger partial charge in [0.15, 0.2) is 0 Å². The fourth-order valence-corrected chi connectivity index (χ4v) is 11.7. The fourth-order valence-electron chi connectivity index (χ4n) is 11.7. The highest BCUT2D eigenvalue weighted by Crippen LogP contribution is 2.48. The molecular formula is C50H60N8O8. The maximum atomic E-state index is 14.6. The Morgan fingerprint density at radius 2 is 1.65 bits per heavy atom. The first-order chi connectivity index (χ1) is 32.0. The molecule has 5 aromatic rings. The number of ether oxygens (including phenoxy) is 4. The number of aromatic amines is 2. The Balaban J connectivity index is 0.911. The highest BCUT2D eigenvalue weighted by molar-refractivity contribution is 6.07. The molecule has 10 rings (SSSR count). The Labute approximate surface area is 383 Å². The molecule has 5 aliphatic rings. The summed E-state index contributed by atoms with van der Waals surface area (Å²) in [7, 11) is 2.63. The molecule has 0 radical (unpaired) electrons. The van der Waals surface area contributed by atoms with Crippen LogP contribution in [-0.2, 0) is 30.4 Å². The van der Waals surface area contributed by atoms with Crippen molar-refractivity contribution in [2.75, 3.05) is 27.4 Å². The summed E-state index contributed by atoms with van der Waals surface area (Å²) in [6, 6.07) is 13.0. The Morgan fingerprint density at radius 1 is 0.848 bits per heavy atom. The molecule has 3 aromatic carbocycles. The van der Waals surface area contributed by atoms with Crippen LogP contribution in [-0.4, -0.2) is 105 Å². The third-order valence-corrected chi connectivity index (χ3v) is 15.1. The molecule has 0 bridgehead atoms. The van der Waals surface area contributed by atoms with E-state index in [1.807, 2.05) is 29.8 Å². The van der Waals surface area contributed by atoms with Crippen molar-refractivity contribution in [1.82, 2.24) is 40.4 Å². The van der Waals surface area contributed by atoms with Crippen LogP contribution in [0.2, 0.25) is 0 Å². The maximum absolute atomic E-state index is 14.6. The van der Waals surface area contributed by atoms with E-state index in [1.165, 1.54) is 14.2 Å². The van der Waals surface area contributed by atoms with E-state index in [9.17, 15) is 19.2 Å². The van der Waals surface area contributed by atoms with Gasteiger partial charge in [-0.05, 0) is 115 Å². The van der Waals surface area contributed by atoms with Crippen molar-refractivity contribution in [3.05, 3.63) is 65.9 Å². The minimum atomic E-state index is -0.720. The van der Waals surface area contributed by atoms with E-state index in [1.54, 1.807) is 0 Å². The molecule has 7 atom stereocenters. The van der Waals surface area contributed by atoms with Gasteiger partial charge in [-0.1, -0.05) is 45.4 Å². The lowest BCUT2D eigenvalue weighted by Gasteiger charge is -2.36. The first kappa shape index (κ1) is 43.7. The minimum absolute atomic E-state index is 0.0134. The SMILES string of the molecule is CC[C@H]1CC[C@@H](c2nc3c(ccc4cc5c(cc43)OCc3cc(-c4cnc([C@@H]6C[C@@H]7CCC[C@@H]7N6C(=O)[C@@H](NC(=O)OC)C(C)C)[nH]4)ccc3-5)[nH]2)N1C(=O)[C@@H](NC(=O)OC)C1CCOCC1. The lowest BCUT2D eigenvalue weighted by atomic mass is 9.90. The van der Waals surface area contributed by atoms with Crippen molar-refractivity contribution in [3.8, 4) is 28.1 Å². The number of carbonyl (C=O) groups excluding carboxylic acids is 4. The lowest BCUT2D eigenvalue weighted by Crippen LogP contribution is -2.54. The summed E-state index contributed by atoms with van der Waals surface area (Å²) in [6.07, 6.45) is 8.29. The van der Waals surface area contributed by atoms with Crippen LogP contribution in [0.15, 0.2) is 48.7 Å². The number of imidazole rings is 2. The number of fused-ring (bicyclic) bond motifs is 7. The van der Waals surface area contributed by atoms with Gasteiger partial charge in [0, 0.05) is 36.2 Å². The van der Waals surface area contributed by atoms with Gasteiger partial charge in [0.2, 0.25) is 11.8 Å². The molecule has 348 valence electrons. The van der Waals surface area contributed by atoms with Crippen LogP contribution in [0.5, 0.6) is 5.75 Å². The normalized spacial score (nSPS) is 23.6. The van der Waals surface area contributed by atoms with E-state index in [2.05, 4.69) is 70.0 Å². The van der Waals surface area contributed by atoms with Gasteiger partial charge in [-0.25, -0.2) is 19.6 Å². The van der Waals surface area contributed by atoms with E-state index in [0.717, 1.165) is 112 Å². The van der Waals surface area contributed by atoms with Gasteiger partial charge >= 0.3 is 12.2 Å². The van der Waals surface area contributed by atoms with Gasteiger partial charge in [0.1, 0.15) is 36.1 Å². The van der Waals surface area contributed by atoms with Crippen molar-refractivity contribution in [3.63, 3.8) is 0 Å². The Hall–Kier alpha value is -6.16. The molecular weight excluding hydrogens is 841 g/mol. The molecule has 16 heteroatoms. The molecule has 4 N–H and O–H groups in total. The second kappa shape index (κ2) is 17.9. The second-order valence-corrected chi connectivity index (χ2v) is 19.1. The van der Waals surface area contributed by atoms with Crippen molar-refractivity contribution < 1.29 is 38.1 Å². The Kier molecular flexibility index (Phi) is 11.9. The number of nitrogens with zero attached hydrogens (tertiary/aromatic N) is 4. The van der Waals surface area contributed by atoms with Gasteiger partial charge in [-0.15, -0.1) is 0 Å². The van der Waals surface area contributed by atoms with E-state index in [0.29, 0.717) is 38.6 Å². The number of hydrogen-bond acceptors (Lipinski definition) is 10. The van der Waals surface area contributed by atoms with Crippen LogP contribution in [0.25, 0.3) is 44.2 Å². The van der Waals surface area contributed by atoms with E-state index < -0.39 is 24.3 Å². The Bertz CT molecular complexity index is 2670. The summed E-state index contributed by atoms with van der Waals surface area (Å²) < 4.78 is 21.9. The topological polar surface area (TPSA) is 193 Å². The van der Waals surface area contributed by atoms with Crippen molar-refractivity contribution in [1.29, 1.82) is 0 Å². The first-order valence-electron chi connectivity index (χ1n) is 23.7. The number of nitrogens with one attached hydrogen (secondary N) is 4. The number of aromatic nitrogens is 4. The maximum Gasteiger partial charge on any atom is 0.407 e. The number of methoxy groups -OCH3 is 2. The zero-order chi connectivity index (χ0) is 45.8. The van der Waals surface area contributed by atoms with E-state index in [-0.39, 0.29) is 47.8 Å². The highest BCUT2D eigenvalue weighted by atomic mass is 16.5. The Morgan fingerprint density at radius 3 is 2.42 bits per heavy atom. The van der Waals surface area contributed by atoms with Gasteiger partial charge in [-0.3, -0.25) is 9.59 Å². The van der Waals surface area contributed by atoms with Crippen molar-refractivity contribution >= 4 is 45.8 Å². The first-order valence-corrected chi connectivity index (χ1v) is 23.7. The van der Waals surface area contributed by atoms with Gasteiger partial charge in [0.05, 0.1) is 49.2 Å². The average Bonchev–Trinajstić information content (AvgIpc) is 4.19. The molecule has 2 aromatic heterocycles. The number of hydrogen-bond donors (Lipinski definition) is 4. The minimum Gasteiger partial charge on any atom is -0.488 e. The lowest BCUT2D eigenvalue weighted by molar-refractivity contribution is -0.139. The summed E-state index contributed by atoms with van der Waals surface area (Å²) >= 11 is 0. The molecule has 3 saturated heterocycles. The number of carbonyl (C=O) groups is 4. The van der Waals surface area contributed by atoms with Crippen LogP contribution in [0, 0.1) is 17.8 Å². The van der Waals surface area contributed by atoms with Crippen LogP contribution in [0.3, 0.4) is 0 Å². The molecule has 1 saturated carbocycles. The van der Waals surface area contributed by atoms with Crippen LogP contribution < -0.4 is 15.4 Å². The van der Waals surface area contributed by atoms with Gasteiger partial charge in [0.25, 0.3) is 0 Å². The van der Waals surface area contributed by atoms with E-state index in [4.69, 9.17) is 28.9 Å². The monoisotopic (exact) mass is 900 g/mol.